The number of nitrogens with zero attached hydrogens (tertiary/aromatic N) is 2. The molecule has 0 saturated carbocycles. The van der Waals surface area contributed by atoms with E-state index >= 15 is 0 Å². The molecule has 1 N–H and O–H groups in total. The summed E-state index contributed by atoms with van der Waals surface area (Å²) in [6, 6.07) is 19.9. The van der Waals surface area contributed by atoms with Crippen LogP contribution in [0.2, 0.25) is 0 Å². The molecular formula is C21H19N2O3+. The van der Waals surface area contributed by atoms with Crippen LogP contribution < -0.4 is 4.48 Å². The summed E-state index contributed by atoms with van der Waals surface area (Å²) in [4.78, 5) is 11.6. The van der Waals surface area contributed by atoms with Crippen LogP contribution in [-0.4, -0.2) is 24.1 Å². The molecule has 0 amide bonds. The van der Waals surface area contributed by atoms with Crippen molar-refractivity contribution in [1.29, 1.82) is 0 Å². The monoisotopic (exact) mass is 347 g/mol. The summed E-state index contributed by atoms with van der Waals surface area (Å²) in [6.07, 6.45) is 0. The number of quaternary nitrogens is 1. The second-order valence-corrected chi connectivity index (χ2v) is 7.02. The number of nitro groups is 1. The molecule has 1 aliphatic heterocycles. The van der Waals surface area contributed by atoms with E-state index in [1.54, 1.807) is 24.3 Å². The van der Waals surface area contributed by atoms with Crippen molar-refractivity contribution in [3.8, 4) is 0 Å². The molecule has 5 heteroatoms. The highest BCUT2D eigenvalue weighted by Crippen LogP contribution is 2.51. The molecule has 130 valence electrons. The molecule has 0 aliphatic carbocycles. The van der Waals surface area contributed by atoms with E-state index in [0.29, 0.717) is 5.56 Å². The topological polar surface area (TPSA) is 63.4 Å². The minimum Gasteiger partial charge on any atom is -0.502 e. The average Bonchev–Trinajstić information content (AvgIpc) is 2.86. The molecule has 3 aromatic carbocycles. The molecule has 0 radical (unpaired) electrons. The summed E-state index contributed by atoms with van der Waals surface area (Å²) in [5.74, 6) is -0.281. The van der Waals surface area contributed by atoms with Gasteiger partial charge in [-0.05, 0) is 11.5 Å². The fourth-order valence-electron chi connectivity index (χ4n) is 4.06. The molecule has 0 saturated heterocycles. The summed E-state index contributed by atoms with van der Waals surface area (Å²) < 4.78 is 0.282. The maximum atomic E-state index is 12.0. The number of hydrogen-bond acceptors (Lipinski definition) is 3. The lowest BCUT2D eigenvalue weighted by atomic mass is 9.98. The Balaban J connectivity index is 2.03. The number of likely N-dealkylation sites (N-methyl/N-ethyl adjacent to an activating group) is 1. The Kier molecular flexibility index (Phi) is 3.56. The van der Waals surface area contributed by atoms with E-state index in [4.69, 9.17) is 0 Å². The molecule has 26 heavy (non-hydrogen) atoms. The quantitative estimate of drug-likeness (QED) is 0.324. The molecule has 0 aromatic heterocycles. The summed E-state index contributed by atoms with van der Waals surface area (Å²) in [5.41, 5.74) is 2.16. The predicted octanol–water partition coefficient (Wildman–Crippen LogP) is 4.66. The van der Waals surface area contributed by atoms with Gasteiger partial charge in [0.15, 0.2) is 0 Å². The van der Waals surface area contributed by atoms with Crippen LogP contribution in [0, 0.1) is 10.1 Å². The first kappa shape index (κ1) is 16.3. The number of aliphatic hydroxyl groups is 1. The standard InChI is InChI=1S/C21H18N2O3/c1-23(2)17-13-7-11-14-10-6-12-16(18(14)17)20(23)19(22(25)26)21(24)15-8-4-3-5-9-15/h3-13,20H,1-2H3/p+1/b21-19-. The predicted molar refractivity (Wildman–Crippen MR) is 103 cm³/mol. The number of aliphatic hydroxyl groups excluding tert-OH is 1. The van der Waals surface area contributed by atoms with Crippen molar-refractivity contribution in [2.45, 2.75) is 6.04 Å². The molecule has 1 unspecified atom stereocenters. The molecular weight excluding hydrogens is 328 g/mol. The van der Waals surface area contributed by atoms with Gasteiger partial charge in [0, 0.05) is 11.1 Å². The number of hydrogen-bond donors (Lipinski definition) is 1. The molecule has 4 rings (SSSR count). The fraction of sp³-hybridized carbons (Fsp3) is 0.143. The largest absolute Gasteiger partial charge is 0.502 e. The maximum Gasteiger partial charge on any atom is 0.350 e. The van der Waals surface area contributed by atoms with Crippen LogP contribution >= 0.6 is 0 Å². The maximum absolute atomic E-state index is 12.0. The molecule has 1 atom stereocenters. The lowest BCUT2D eigenvalue weighted by Gasteiger charge is -2.31. The van der Waals surface area contributed by atoms with Crippen LogP contribution in [0.5, 0.6) is 0 Å². The normalized spacial score (nSPS) is 18.6. The molecule has 3 aromatic rings. The molecule has 0 fully saturated rings. The fourth-order valence-corrected chi connectivity index (χ4v) is 4.06. The van der Waals surface area contributed by atoms with Crippen molar-refractivity contribution in [2.24, 2.45) is 0 Å². The third kappa shape index (κ3) is 2.21. The average molecular weight is 347 g/mol. The van der Waals surface area contributed by atoms with Crippen molar-refractivity contribution >= 4 is 22.2 Å². The van der Waals surface area contributed by atoms with Crippen LogP contribution in [0.3, 0.4) is 0 Å². The number of benzene rings is 3. The van der Waals surface area contributed by atoms with Crippen LogP contribution in [0.4, 0.5) is 5.69 Å². The highest BCUT2D eigenvalue weighted by atomic mass is 16.6. The van der Waals surface area contributed by atoms with E-state index in [1.165, 1.54) is 0 Å². The molecule has 1 heterocycles. The van der Waals surface area contributed by atoms with E-state index in [1.807, 2.05) is 56.6 Å². The highest BCUT2D eigenvalue weighted by Gasteiger charge is 2.50. The number of rotatable bonds is 3. The molecule has 5 nitrogen and oxygen atoms in total. The SMILES string of the molecule is C[N+]1(C)c2cccc3cccc(c23)C1/C(=C(/O)c1ccccc1)[N+](=O)[O-]. The van der Waals surface area contributed by atoms with E-state index in [2.05, 4.69) is 0 Å². The van der Waals surface area contributed by atoms with E-state index in [-0.39, 0.29) is 15.9 Å². The van der Waals surface area contributed by atoms with Gasteiger partial charge in [0.05, 0.1) is 24.4 Å². The smallest absolute Gasteiger partial charge is 0.350 e. The highest BCUT2D eigenvalue weighted by molar-refractivity contribution is 5.99. The van der Waals surface area contributed by atoms with Gasteiger partial charge >= 0.3 is 5.70 Å². The lowest BCUT2D eigenvalue weighted by molar-refractivity contribution is -0.433. The zero-order chi connectivity index (χ0) is 18.5. The van der Waals surface area contributed by atoms with Crippen LogP contribution in [-0.2, 0) is 0 Å². The van der Waals surface area contributed by atoms with E-state index in [9.17, 15) is 15.2 Å². The summed E-state index contributed by atoms with van der Waals surface area (Å²) in [6.45, 7) is 0. The van der Waals surface area contributed by atoms with Crippen molar-refractivity contribution in [1.82, 2.24) is 4.48 Å². The Morgan fingerprint density at radius 2 is 1.65 bits per heavy atom. The van der Waals surface area contributed by atoms with Crippen LogP contribution in [0.15, 0.2) is 72.4 Å². The molecule has 0 spiro atoms. The van der Waals surface area contributed by atoms with Crippen molar-refractivity contribution in [2.75, 3.05) is 14.1 Å². The van der Waals surface area contributed by atoms with Gasteiger partial charge in [0.25, 0.3) is 0 Å². The first-order chi connectivity index (χ1) is 12.4. The van der Waals surface area contributed by atoms with E-state index in [0.717, 1.165) is 22.0 Å². The van der Waals surface area contributed by atoms with Gasteiger partial charge in [0.1, 0.15) is 5.69 Å². The van der Waals surface area contributed by atoms with Crippen LogP contribution in [0.1, 0.15) is 17.2 Å². The summed E-state index contributed by atoms with van der Waals surface area (Å²) in [5, 5.41) is 24.9. The van der Waals surface area contributed by atoms with Gasteiger partial charge in [0.2, 0.25) is 11.8 Å². The second-order valence-electron chi connectivity index (χ2n) is 7.02. The summed E-state index contributed by atoms with van der Waals surface area (Å²) in [7, 11) is 3.89. The van der Waals surface area contributed by atoms with Gasteiger partial charge in [-0.2, -0.15) is 0 Å². The minimum atomic E-state index is -0.591. The first-order valence-corrected chi connectivity index (χ1v) is 8.41. The summed E-state index contributed by atoms with van der Waals surface area (Å²) >= 11 is 0. The molecule has 0 bridgehead atoms. The lowest BCUT2D eigenvalue weighted by Crippen LogP contribution is -2.43. The van der Waals surface area contributed by atoms with Gasteiger partial charge in [-0.1, -0.05) is 60.7 Å². The van der Waals surface area contributed by atoms with Gasteiger partial charge < -0.3 is 5.11 Å². The van der Waals surface area contributed by atoms with Crippen LogP contribution in [0.25, 0.3) is 16.5 Å². The second kappa shape index (κ2) is 5.68. The Morgan fingerprint density at radius 1 is 1.00 bits per heavy atom. The molecule has 1 aliphatic rings. The van der Waals surface area contributed by atoms with Crippen molar-refractivity contribution in [3.63, 3.8) is 0 Å². The van der Waals surface area contributed by atoms with Crippen molar-refractivity contribution < 1.29 is 10.0 Å². The third-order valence-electron chi connectivity index (χ3n) is 5.22. The van der Waals surface area contributed by atoms with Gasteiger partial charge in [-0.25, -0.2) is 0 Å². The Labute approximate surface area is 151 Å². The minimum absolute atomic E-state index is 0.176. The zero-order valence-corrected chi connectivity index (χ0v) is 14.6. The van der Waals surface area contributed by atoms with Gasteiger partial charge in [-0.15, -0.1) is 0 Å². The Bertz CT molecular complexity index is 1050. The Hall–Kier alpha value is -3.18. The first-order valence-electron chi connectivity index (χ1n) is 8.41. The third-order valence-corrected chi connectivity index (χ3v) is 5.22. The van der Waals surface area contributed by atoms with Gasteiger partial charge in [-0.3, -0.25) is 14.6 Å². The van der Waals surface area contributed by atoms with Crippen molar-refractivity contribution in [3.05, 3.63) is 93.7 Å². The zero-order valence-electron chi connectivity index (χ0n) is 14.6. The Morgan fingerprint density at radius 3 is 2.31 bits per heavy atom. The van der Waals surface area contributed by atoms with E-state index < -0.39 is 11.0 Å².